The number of rotatable bonds is 6. The number of carbonyl (C=O) groups excluding carboxylic acids is 1. The molecule has 1 aliphatic rings. The van der Waals surface area contributed by atoms with Crippen LogP contribution >= 0.6 is 0 Å². The van der Waals surface area contributed by atoms with Crippen molar-refractivity contribution in [3.05, 3.63) is 34.4 Å². The Labute approximate surface area is 121 Å². The van der Waals surface area contributed by atoms with Crippen molar-refractivity contribution in [2.75, 3.05) is 6.61 Å². The summed E-state index contributed by atoms with van der Waals surface area (Å²) in [6.45, 7) is 1.40. The summed E-state index contributed by atoms with van der Waals surface area (Å²) in [6, 6.07) is 7.72. The molecule has 110 valence electrons. The van der Waals surface area contributed by atoms with Gasteiger partial charge in [0.25, 0.3) is 11.6 Å². The van der Waals surface area contributed by atoms with Gasteiger partial charge in [0.2, 0.25) is 0 Å². The van der Waals surface area contributed by atoms with Crippen molar-refractivity contribution in [2.24, 2.45) is 5.92 Å². The third-order valence-electron chi connectivity index (χ3n) is 3.42. The summed E-state index contributed by atoms with van der Waals surface area (Å²) in [7, 11) is 0. The molecule has 0 aromatic heterocycles. The second kappa shape index (κ2) is 5.79. The van der Waals surface area contributed by atoms with Crippen molar-refractivity contribution in [2.45, 2.75) is 25.3 Å². The van der Waals surface area contributed by atoms with Gasteiger partial charge >= 0.3 is 0 Å². The number of nitro benzene ring substituents is 1. The summed E-state index contributed by atoms with van der Waals surface area (Å²) in [5.74, 6) is 0.00570. The van der Waals surface area contributed by atoms with Crippen LogP contribution in [-0.2, 0) is 4.79 Å². The Bertz CT molecular complexity index is 606. The molecule has 7 nitrogen and oxygen atoms in total. The van der Waals surface area contributed by atoms with Crippen molar-refractivity contribution < 1.29 is 14.5 Å². The normalized spacial score (nSPS) is 16.4. The Hall–Kier alpha value is -2.62. The van der Waals surface area contributed by atoms with Gasteiger partial charge < -0.3 is 10.1 Å². The molecule has 0 radical (unpaired) electrons. The van der Waals surface area contributed by atoms with Gasteiger partial charge in [-0.1, -0.05) is 6.07 Å². The highest BCUT2D eigenvalue weighted by Gasteiger charge is 2.43. The molecule has 1 aromatic rings. The van der Waals surface area contributed by atoms with E-state index in [1.165, 1.54) is 24.3 Å². The van der Waals surface area contributed by atoms with Crippen LogP contribution in [0.5, 0.6) is 5.75 Å². The van der Waals surface area contributed by atoms with Crippen LogP contribution in [0.3, 0.4) is 0 Å². The summed E-state index contributed by atoms with van der Waals surface area (Å²) in [4.78, 5) is 21.9. The third-order valence-corrected chi connectivity index (χ3v) is 3.42. The van der Waals surface area contributed by atoms with Crippen LogP contribution in [0.15, 0.2) is 24.3 Å². The molecule has 0 saturated heterocycles. The van der Waals surface area contributed by atoms with Crippen LogP contribution in [-0.4, -0.2) is 23.0 Å². The molecule has 7 heteroatoms. The SMILES string of the molecule is C[C@](C#N)(NC(=O)COc1cccc([N+](=O)[O-])c1)C1CC1. The van der Waals surface area contributed by atoms with E-state index in [0.717, 1.165) is 12.8 Å². The van der Waals surface area contributed by atoms with Crippen LogP contribution in [0.2, 0.25) is 0 Å². The average Bonchev–Trinajstić information content (AvgIpc) is 3.30. The monoisotopic (exact) mass is 289 g/mol. The van der Waals surface area contributed by atoms with Gasteiger partial charge in [-0.3, -0.25) is 14.9 Å². The predicted molar refractivity (Wildman–Crippen MR) is 73.5 cm³/mol. The molecule has 1 atom stereocenters. The first-order chi connectivity index (χ1) is 9.94. The fraction of sp³-hybridized carbons (Fsp3) is 0.429. The van der Waals surface area contributed by atoms with Gasteiger partial charge in [0.1, 0.15) is 11.3 Å². The number of nitriles is 1. The molecule has 0 bridgehead atoms. The largest absolute Gasteiger partial charge is 0.484 e. The third kappa shape index (κ3) is 3.69. The molecular formula is C14H15N3O4. The maximum Gasteiger partial charge on any atom is 0.273 e. The minimum atomic E-state index is -0.872. The number of hydrogen-bond donors (Lipinski definition) is 1. The molecule has 0 spiro atoms. The molecule has 1 N–H and O–H groups in total. The van der Waals surface area contributed by atoms with E-state index in [1.54, 1.807) is 6.92 Å². The highest BCUT2D eigenvalue weighted by molar-refractivity contribution is 5.79. The number of amides is 1. The highest BCUT2D eigenvalue weighted by atomic mass is 16.6. The molecule has 1 saturated carbocycles. The second-order valence-electron chi connectivity index (χ2n) is 5.18. The average molecular weight is 289 g/mol. The molecule has 1 aromatic carbocycles. The van der Waals surface area contributed by atoms with Crippen molar-refractivity contribution >= 4 is 11.6 Å². The second-order valence-corrected chi connectivity index (χ2v) is 5.18. The van der Waals surface area contributed by atoms with E-state index >= 15 is 0 Å². The molecule has 0 aliphatic heterocycles. The molecule has 2 rings (SSSR count). The molecule has 1 aliphatic carbocycles. The first-order valence-corrected chi connectivity index (χ1v) is 6.54. The number of ether oxygens (including phenoxy) is 1. The minimum Gasteiger partial charge on any atom is -0.484 e. The van der Waals surface area contributed by atoms with Crippen molar-refractivity contribution in [3.8, 4) is 11.8 Å². The van der Waals surface area contributed by atoms with E-state index in [2.05, 4.69) is 11.4 Å². The Balaban J connectivity index is 1.91. The Kier molecular flexibility index (Phi) is 4.08. The summed E-state index contributed by atoms with van der Waals surface area (Å²) in [5.41, 5.74) is -0.976. The molecule has 1 amide bonds. The smallest absolute Gasteiger partial charge is 0.273 e. The lowest BCUT2D eigenvalue weighted by Gasteiger charge is -2.22. The van der Waals surface area contributed by atoms with Gasteiger partial charge in [0, 0.05) is 6.07 Å². The van der Waals surface area contributed by atoms with Crippen molar-refractivity contribution in [1.29, 1.82) is 5.26 Å². The van der Waals surface area contributed by atoms with Crippen molar-refractivity contribution in [1.82, 2.24) is 5.32 Å². The summed E-state index contributed by atoms with van der Waals surface area (Å²) >= 11 is 0. The summed E-state index contributed by atoms with van der Waals surface area (Å²) in [5, 5.41) is 22.4. The summed E-state index contributed by atoms with van der Waals surface area (Å²) in [6.07, 6.45) is 1.85. The standard InChI is InChI=1S/C14H15N3O4/c1-14(9-15,10-5-6-10)16-13(18)8-21-12-4-2-3-11(7-12)17(19)20/h2-4,7,10H,5-6,8H2,1H3,(H,16,18)/t14-/m1/s1. The van der Waals surface area contributed by atoms with Gasteiger partial charge in [0.15, 0.2) is 6.61 Å². The lowest BCUT2D eigenvalue weighted by molar-refractivity contribution is -0.384. The summed E-state index contributed by atoms with van der Waals surface area (Å²) < 4.78 is 5.22. The van der Waals surface area contributed by atoms with Crippen LogP contribution in [0, 0.1) is 27.4 Å². The predicted octanol–water partition coefficient (Wildman–Crippen LogP) is 1.78. The Morgan fingerprint density at radius 2 is 2.33 bits per heavy atom. The molecule has 0 unspecified atom stereocenters. The van der Waals surface area contributed by atoms with Crippen LogP contribution in [0.4, 0.5) is 5.69 Å². The van der Waals surface area contributed by atoms with Gasteiger partial charge in [-0.05, 0) is 31.7 Å². The van der Waals surface area contributed by atoms with E-state index < -0.39 is 16.4 Å². The minimum absolute atomic E-state index is 0.104. The molecular weight excluding hydrogens is 274 g/mol. The molecule has 1 fully saturated rings. The number of carbonyl (C=O) groups is 1. The van der Waals surface area contributed by atoms with E-state index in [-0.39, 0.29) is 24.0 Å². The van der Waals surface area contributed by atoms with E-state index in [0.29, 0.717) is 0 Å². The lowest BCUT2D eigenvalue weighted by Crippen LogP contribution is -2.48. The first-order valence-electron chi connectivity index (χ1n) is 6.54. The van der Waals surface area contributed by atoms with E-state index in [1.807, 2.05) is 0 Å². The van der Waals surface area contributed by atoms with Crippen LogP contribution < -0.4 is 10.1 Å². The van der Waals surface area contributed by atoms with Gasteiger partial charge in [-0.25, -0.2) is 0 Å². The first kappa shape index (κ1) is 14.8. The fourth-order valence-corrected chi connectivity index (χ4v) is 2.04. The number of benzene rings is 1. The Morgan fingerprint density at radius 3 is 2.90 bits per heavy atom. The lowest BCUT2D eigenvalue weighted by atomic mass is 9.98. The topological polar surface area (TPSA) is 105 Å². The zero-order chi connectivity index (χ0) is 15.5. The van der Waals surface area contributed by atoms with Crippen LogP contribution in [0.25, 0.3) is 0 Å². The highest BCUT2D eigenvalue weighted by Crippen LogP contribution is 2.39. The van der Waals surface area contributed by atoms with Crippen molar-refractivity contribution in [3.63, 3.8) is 0 Å². The maximum atomic E-state index is 11.8. The van der Waals surface area contributed by atoms with Gasteiger partial charge in [0.05, 0.1) is 17.1 Å². The zero-order valence-electron chi connectivity index (χ0n) is 11.5. The number of nitrogens with zero attached hydrogens (tertiary/aromatic N) is 2. The number of nitro groups is 1. The number of non-ortho nitro benzene ring substituents is 1. The van der Waals surface area contributed by atoms with Gasteiger partial charge in [-0.15, -0.1) is 0 Å². The number of nitrogens with one attached hydrogen (secondary N) is 1. The van der Waals surface area contributed by atoms with Gasteiger partial charge in [-0.2, -0.15) is 5.26 Å². The van der Waals surface area contributed by atoms with E-state index in [9.17, 15) is 14.9 Å². The maximum absolute atomic E-state index is 11.8. The van der Waals surface area contributed by atoms with Crippen LogP contribution in [0.1, 0.15) is 19.8 Å². The molecule has 0 heterocycles. The number of hydrogen-bond acceptors (Lipinski definition) is 5. The quantitative estimate of drug-likeness (QED) is 0.634. The van der Waals surface area contributed by atoms with E-state index in [4.69, 9.17) is 10.00 Å². The fourth-order valence-electron chi connectivity index (χ4n) is 2.04. The Morgan fingerprint density at radius 1 is 1.62 bits per heavy atom. The molecule has 21 heavy (non-hydrogen) atoms. The zero-order valence-corrected chi connectivity index (χ0v) is 11.5.